The number of benzene rings is 1. The van der Waals surface area contributed by atoms with Crippen LogP contribution in [-0.2, 0) is 13.0 Å². The number of nitrogens with one attached hydrogen (secondary N) is 1. The van der Waals surface area contributed by atoms with E-state index in [9.17, 15) is 0 Å². The van der Waals surface area contributed by atoms with Gasteiger partial charge in [0.2, 0.25) is 5.95 Å². The molecule has 0 aliphatic carbocycles. The van der Waals surface area contributed by atoms with Crippen LogP contribution in [0.5, 0.6) is 0 Å². The van der Waals surface area contributed by atoms with Crippen LogP contribution in [0.25, 0.3) is 0 Å². The van der Waals surface area contributed by atoms with Crippen LogP contribution in [0.4, 0.5) is 17.5 Å². The van der Waals surface area contributed by atoms with E-state index in [4.69, 9.17) is 4.98 Å². The van der Waals surface area contributed by atoms with Crippen molar-refractivity contribution in [2.45, 2.75) is 25.9 Å². The first-order chi connectivity index (χ1) is 11.8. The molecule has 0 fully saturated rings. The molecule has 120 valence electrons. The quantitative estimate of drug-likeness (QED) is 0.797. The Labute approximate surface area is 141 Å². The van der Waals surface area contributed by atoms with Crippen LogP contribution in [0, 0.1) is 0 Å². The zero-order valence-electron chi connectivity index (χ0n) is 13.6. The summed E-state index contributed by atoms with van der Waals surface area (Å²) in [6, 6.07) is 16.6. The first-order valence-electron chi connectivity index (χ1n) is 8.15. The summed E-state index contributed by atoms with van der Waals surface area (Å²) in [7, 11) is 0. The topological polar surface area (TPSA) is 53.9 Å². The van der Waals surface area contributed by atoms with E-state index in [1.165, 1.54) is 11.3 Å². The Morgan fingerprint density at radius 3 is 2.79 bits per heavy atom. The maximum atomic E-state index is 4.70. The van der Waals surface area contributed by atoms with Crippen LogP contribution in [-0.4, -0.2) is 21.0 Å². The molecule has 3 aromatic rings. The van der Waals surface area contributed by atoms with Crippen molar-refractivity contribution in [1.82, 2.24) is 15.0 Å². The minimum atomic E-state index is 0.355. The largest absolute Gasteiger partial charge is 0.364 e. The lowest BCUT2D eigenvalue weighted by molar-refractivity contribution is 0.739. The maximum Gasteiger partial charge on any atom is 0.232 e. The lowest BCUT2D eigenvalue weighted by Gasteiger charge is -2.22. The van der Waals surface area contributed by atoms with Gasteiger partial charge in [-0.3, -0.25) is 4.98 Å². The highest BCUT2D eigenvalue weighted by molar-refractivity contribution is 5.67. The van der Waals surface area contributed by atoms with Gasteiger partial charge in [-0.1, -0.05) is 24.3 Å². The van der Waals surface area contributed by atoms with Crippen LogP contribution < -0.4 is 10.2 Å². The van der Waals surface area contributed by atoms with E-state index in [1.54, 1.807) is 12.4 Å². The van der Waals surface area contributed by atoms with E-state index in [1.807, 2.05) is 24.3 Å². The van der Waals surface area contributed by atoms with Crippen LogP contribution in [0.2, 0.25) is 0 Å². The monoisotopic (exact) mass is 317 g/mol. The number of rotatable bonds is 4. The van der Waals surface area contributed by atoms with E-state index < -0.39 is 0 Å². The maximum absolute atomic E-state index is 4.70. The molecule has 24 heavy (non-hydrogen) atoms. The molecule has 1 aliphatic rings. The van der Waals surface area contributed by atoms with Gasteiger partial charge in [0, 0.05) is 24.1 Å². The number of fused-ring (bicyclic) bond motifs is 1. The summed E-state index contributed by atoms with van der Waals surface area (Å²) < 4.78 is 0. The molecule has 5 nitrogen and oxygen atoms in total. The average Bonchev–Trinajstić information content (AvgIpc) is 2.97. The Morgan fingerprint density at radius 2 is 1.92 bits per heavy atom. The molecule has 0 saturated carbocycles. The molecule has 0 amide bonds. The number of pyridine rings is 1. The molecule has 1 atom stereocenters. The normalized spacial score (nSPS) is 16.0. The number of hydrogen-bond acceptors (Lipinski definition) is 5. The highest BCUT2D eigenvalue weighted by Gasteiger charge is 2.28. The third-order valence-corrected chi connectivity index (χ3v) is 4.24. The van der Waals surface area contributed by atoms with Gasteiger partial charge in [-0.05, 0) is 43.2 Å². The molecular formula is C19H19N5. The Balaban J connectivity index is 1.57. The van der Waals surface area contributed by atoms with Crippen molar-refractivity contribution in [3.8, 4) is 0 Å². The summed E-state index contributed by atoms with van der Waals surface area (Å²) >= 11 is 0. The Hall–Kier alpha value is -2.95. The molecule has 2 aromatic heterocycles. The van der Waals surface area contributed by atoms with E-state index in [2.05, 4.69) is 51.4 Å². The molecule has 0 radical (unpaired) electrons. The van der Waals surface area contributed by atoms with Crippen LogP contribution in [0.15, 0.2) is 60.9 Å². The summed E-state index contributed by atoms with van der Waals surface area (Å²) in [6.07, 6.45) is 4.62. The molecule has 5 heteroatoms. The fourth-order valence-corrected chi connectivity index (χ4v) is 3.12. The first kappa shape index (κ1) is 14.6. The van der Waals surface area contributed by atoms with Gasteiger partial charge < -0.3 is 10.2 Å². The molecule has 0 saturated heterocycles. The molecule has 1 aliphatic heterocycles. The molecule has 1 N–H and O–H groups in total. The van der Waals surface area contributed by atoms with Crippen LogP contribution in [0.3, 0.4) is 0 Å². The SMILES string of the molecule is CC1Cc2ccccc2N1c1nccc(NCc2ccccn2)n1. The first-order valence-corrected chi connectivity index (χ1v) is 8.15. The van der Waals surface area contributed by atoms with Gasteiger partial charge in [0.25, 0.3) is 0 Å². The number of aromatic nitrogens is 3. The average molecular weight is 317 g/mol. The van der Waals surface area contributed by atoms with E-state index >= 15 is 0 Å². The second kappa shape index (κ2) is 6.28. The lowest BCUT2D eigenvalue weighted by atomic mass is 10.1. The van der Waals surface area contributed by atoms with Crippen molar-refractivity contribution >= 4 is 17.5 Å². The minimum Gasteiger partial charge on any atom is -0.364 e. The van der Waals surface area contributed by atoms with Gasteiger partial charge in [0.1, 0.15) is 5.82 Å². The zero-order valence-corrected chi connectivity index (χ0v) is 13.6. The number of hydrogen-bond donors (Lipinski definition) is 1. The van der Waals surface area contributed by atoms with E-state index in [0.717, 1.165) is 23.9 Å². The van der Waals surface area contributed by atoms with Gasteiger partial charge in [-0.25, -0.2) is 4.98 Å². The van der Waals surface area contributed by atoms with Crippen molar-refractivity contribution in [2.24, 2.45) is 0 Å². The van der Waals surface area contributed by atoms with Gasteiger partial charge in [0.15, 0.2) is 0 Å². The third-order valence-electron chi connectivity index (χ3n) is 4.24. The Bertz CT molecular complexity index is 834. The molecule has 1 unspecified atom stereocenters. The van der Waals surface area contributed by atoms with Crippen molar-refractivity contribution in [3.63, 3.8) is 0 Å². The van der Waals surface area contributed by atoms with Crippen molar-refractivity contribution in [3.05, 3.63) is 72.2 Å². The Kier molecular flexibility index (Phi) is 3.83. The second-order valence-electron chi connectivity index (χ2n) is 5.97. The second-order valence-corrected chi connectivity index (χ2v) is 5.97. The molecule has 4 rings (SSSR count). The summed E-state index contributed by atoms with van der Waals surface area (Å²) in [5.41, 5.74) is 3.53. The minimum absolute atomic E-state index is 0.355. The number of para-hydroxylation sites is 1. The summed E-state index contributed by atoms with van der Waals surface area (Å²) in [5.74, 6) is 1.54. The smallest absolute Gasteiger partial charge is 0.232 e. The predicted octanol–water partition coefficient (Wildman–Crippen LogP) is 3.57. The zero-order chi connectivity index (χ0) is 16.4. The summed E-state index contributed by atoms with van der Waals surface area (Å²) in [4.78, 5) is 15.7. The fourth-order valence-electron chi connectivity index (χ4n) is 3.12. The predicted molar refractivity (Wildman–Crippen MR) is 95.3 cm³/mol. The van der Waals surface area contributed by atoms with Crippen molar-refractivity contribution in [1.29, 1.82) is 0 Å². The van der Waals surface area contributed by atoms with Gasteiger partial charge in [-0.15, -0.1) is 0 Å². The highest BCUT2D eigenvalue weighted by Crippen LogP contribution is 2.36. The standard InChI is InChI=1S/C19H19N5/c1-14-12-15-6-2-3-8-17(15)24(14)19-21-11-9-18(23-19)22-13-16-7-4-5-10-20-16/h2-11,14H,12-13H2,1H3,(H,21,22,23). The molecular weight excluding hydrogens is 298 g/mol. The van der Waals surface area contributed by atoms with E-state index in [0.29, 0.717) is 12.6 Å². The van der Waals surface area contributed by atoms with Gasteiger partial charge in [-0.2, -0.15) is 4.98 Å². The summed E-state index contributed by atoms with van der Waals surface area (Å²) in [5, 5.41) is 3.32. The molecule has 1 aromatic carbocycles. The van der Waals surface area contributed by atoms with E-state index in [-0.39, 0.29) is 0 Å². The van der Waals surface area contributed by atoms with Crippen molar-refractivity contribution < 1.29 is 0 Å². The van der Waals surface area contributed by atoms with Gasteiger partial charge >= 0.3 is 0 Å². The van der Waals surface area contributed by atoms with Gasteiger partial charge in [0.05, 0.1) is 12.2 Å². The highest BCUT2D eigenvalue weighted by atomic mass is 15.3. The molecule has 0 spiro atoms. The van der Waals surface area contributed by atoms with Crippen LogP contribution >= 0.6 is 0 Å². The third kappa shape index (κ3) is 2.80. The van der Waals surface area contributed by atoms with Crippen LogP contribution in [0.1, 0.15) is 18.2 Å². The fraction of sp³-hybridized carbons (Fsp3) is 0.211. The lowest BCUT2D eigenvalue weighted by Crippen LogP contribution is -2.26. The molecule has 3 heterocycles. The summed E-state index contributed by atoms with van der Waals surface area (Å²) in [6.45, 7) is 2.85. The number of nitrogens with zero attached hydrogens (tertiary/aromatic N) is 4. The van der Waals surface area contributed by atoms with Crippen molar-refractivity contribution in [2.75, 3.05) is 10.2 Å². The Morgan fingerprint density at radius 1 is 1.04 bits per heavy atom. The molecule has 0 bridgehead atoms. The number of anilines is 3.